The second-order valence-corrected chi connectivity index (χ2v) is 3.89. The maximum absolute atomic E-state index is 13.4. The van der Waals surface area contributed by atoms with Gasteiger partial charge in [0, 0.05) is 0 Å². The predicted octanol–water partition coefficient (Wildman–Crippen LogP) is 2.85. The van der Waals surface area contributed by atoms with Gasteiger partial charge in [0.05, 0.1) is 6.61 Å². The lowest BCUT2D eigenvalue weighted by molar-refractivity contribution is -0.159. The number of hydrogen-bond acceptors (Lipinski definition) is 3. The first-order valence-electron chi connectivity index (χ1n) is 5.51. The molecule has 1 atom stereocenters. The molecule has 1 aromatic carbocycles. The first-order chi connectivity index (χ1) is 7.95. The molecule has 0 bridgehead atoms. The summed E-state index contributed by atoms with van der Waals surface area (Å²) >= 11 is 0. The van der Waals surface area contributed by atoms with Gasteiger partial charge in [-0.25, -0.2) is 4.79 Å². The van der Waals surface area contributed by atoms with Gasteiger partial charge >= 0.3 is 12.3 Å². The fourth-order valence-corrected chi connectivity index (χ4v) is 1.49. The maximum atomic E-state index is 13.4. The highest BCUT2D eigenvalue weighted by Gasteiger charge is 2.21. The third kappa shape index (κ3) is 3.44. The van der Waals surface area contributed by atoms with Crippen molar-refractivity contribution in [1.82, 2.24) is 0 Å². The van der Waals surface area contributed by atoms with Gasteiger partial charge in [0.15, 0.2) is 0 Å². The van der Waals surface area contributed by atoms with Crippen LogP contribution < -0.4 is 4.74 Å². The lowest BCUT2D eigenvalue weighted by atomic mass is 10.1. The minimum absolute atomic E-state index is 0.133. The van der Waals surface area contributed by atoms with Crippen molar-refractivity contribution in [3.05, 3.63) is 28.8 Å². The van der Waals surface area contributed by atoms with E-state index in [0.717, 1.165) is 16.7 Å². The Balaban J connectivity index is 2.84. The summed E-state index contributed by atoms with van der Waals surface area (Å²) in [6.45, 7) is 7.37. The Labute approximate surface area is 101 Å². The van der Waals surface area contributed by atoms with Gasteiger partial charge in [-0.15, -0.1) is 0 Å². The number of ether oxygens (including phenoxy) is 2. The highest BCUT2D eigenvalue weighted by Crippen LogP contribution is 2.24. The molecule has 3 nitrogen and oxygen atoms in total. The molecule has 0 spiro atoms. The van der Waals surface area contributed by atoms with Crippen LogP contribution in [0.1, 0.15) is 23.6 Å². The topological polar surface area (TPSA) is 35.5 Å². The molecule has 0 aliphatic rings. The van der Waals surface area contributed by atoms with E-state index in [1.54, 1.807) is 13.0 Å². The van der Waals surface area contributed by atoms with Gasteiger partial charge < -0.3 is 9.47 Å². The molecule has 0 aliphatic carbocycles. The molecule has 94 valence electrons. The van der Waals surface area contributed by atoms with Crippen molar-refractivity contribution < 1.29 is 18.7 Å². The fraction of sp³-hybridized carbons (Fsp3) is 0.462. The van der Waals surface area contributed by atoms with Crippen molar-refractivity contribution in [3.8, 4) is 5.75 Å². The third-order valence-corrected chi connectivity index (χ3v) is 2.47. The van der Waals surface area contributed by atoms with Crippen LogP contribution in [0.3, 0.4) is 0 Å². The molecule has 0 fully saturated rings. The summed E-state index contributed by atoms with van der Waals surface area (Å²) in [6.07, 6.45) is -2.07. The number of rotatable bonds is 4. The number of alkyl halides is 1. The first kappa shape index (κ1) is 13.5. The number of halogens is 1. The molecule has 0 saturated heterocycles. The van der Waals surface area contributed by atoms with Gasteiger partial charge in [-0.05, 0) is 50.5 Å². The average molecular weight is 240 g/mol. The highest BCUT2D eigenvalue weighted by molar-refractivity contribution is 5.73. The molecular weight excluding hydrogens is 223 g/mol. The van der Waals surface area contributed by atoms with Crippen LogP contribution >= 0.6 is 0 Å². The summed E-state index contributed by atoms with van der Waals surface area (Å²) in [4.78, 5) is 11.1. The van der Waals surface area contributed by atoms with Crippen LogP contribution in [0.25, 0.3) is 0 Å². The van der Waals surface area contributed by atoms with Crippen molar-refractivity contribution >= 4 is 5.97 Å². The minimum Gasteiger partial charge on any atom is -0.461 e. The van der Waals surface area contributed by atoms with Crippen LogP contribution in [0.15, 0.2) is 12.1 Å². The van der Waals surface area contributed by atoms with Gasteiger partial charge in [-0.2, -0.15) is 4.39 Å². The predicted molar refractivity (Wildman–Crippen MR) is 62.8 cm³/mol. The molecule has 1 aromatic rings. The zero-order valence-electron chi connectivity index (χ0n) is 10.5. The van der Waals surface area contributed by atoms with Crippen LogP contribution in [0, 0.1) is 20.8 Å². The Hall–Kier alpha value is -1.58. The van der Waals surface area contributed by atoms with Crippen molar-refractivity contribution in [2.75, 3.05) is 6.61 Å². The molecule has 4 heteroatoms. The van der Waals surface area contributed by atoms with Gasteiger partial charge in [0.25, 0.3) is 0 Å². The normalized spacial score (nSPS) is 12.1. The number of esters is 1. The number of carbonyl (C=O) groups excluding carboxylic acids is 1. The Morgan fingerprint density at radius 1 is 1.35 bits per heavy atom. The molecule has 0 N–H and O–H groups in total. The molecule has 0 aliphatic heterocycles. The molecule has 0 heterocycles. The monoisotopic (exact) mass is 240 g/mol. The molecule has 1 unspecified atom stereocenters. The largest absolute Gasteiger partial charge is 0.461 e. The van der Waals surface area contributed by atoms with E-state index in [1.165, 1.54) is 0 Å². The Morgan fingerprint density at radius 3 is 2.59 bits per heavy atom. The van der Waals surface area contributed by atoms with Crippen molar-refractivity contribution in [3.63, 3.8) is 0 Å². The van der Waals surface area contributed by atoms with Gasteiger partial charge in [0.2, 0.25) is 0 Å². The zero-order valence-corrected chi connectivity index (χ0v) is 10.5. The lowest BCUT2D eigenvalue weighted by Crippen LogP contribution is -2.25. The van der Waals surface area contributed by atoms with E-state index in [9.17, 15) is 9.18 Å². The second-order valence-electron chi connectivity index (χ2n) is 3.89. The van der Waals surface area contributed by atoms with Crippen molar-refractivity contribution in [1.29, 1.82) is 0 Å². The summed E-state index contributed by atoms with van der Waals surface area (Å²) in [5, 5.41) is 0. The van der Waals surface area contributed by atoms with E-state index in [1.807, 2.05) is 26.8 Å². The van der Waals surface area contributed by atoms with E-state index >= 15 is 0 Å². The van der Waals surface area contributed by atoms with E-state index in [-0.39, 0.29) is 6.61 Å². The Morgan fingerprint density at radius 2 is 2.00 bits per heavy atom. The number of aryl methyl sites for hydroxylation is 2. The number of carbonyl (C=O) groups is 1. The smallest absolute Gasteiger partial charge is 0.381 e. The van der Waals surface area contributed by atoms with Gasteiger partial charge in [-0.3, -0.25) is 0 Å². The second kappa shape index (κ2) is 5.66. The van der Waals surface area contributed by atoms with Crippen LogP contribution in [0.5, 0.6) is 5.75 Å². The molecule has 0 radical (unpaired) electrons. The van der Waals surface area contributed by atoms with Gasteiger partial charge in [-0.1, -0.05) is 6.07 Å². The maximum Gasteiger partial charge on any atom is 0.381 e. The summed E-state index contributed by atoms with van der Waals surface area (Å²) in [5.41, 5.74) is 2.78. The SMILES string of the molecule is CCOC(=O)C(F)Oc1cc(C)cc(C)c1C. The quantitative estimate of drug-likeness (QED) is 0.759. The third-order valence-electron chi connectivity index (χ3n) is 2.47. The lowest BCUT2D eigenvalue weighted by Gasteiger charge is -2.14. The van der Waals surface area contributed by atoms with Crippen LogP contribution in [-0.2, 0) is 9.53 Å². The summed E-state index contributed by atoms with van der Waals surface area (Å²) in [5.74, 6) is -0.617. The standard InChI is InChI=1S/C13H17FO3/c1-5-16-13(15)12(14)17-11-7-8(2)6-9(3)10(11)4/h6-7,12H,5H2,1-4H3. The molecule has 0 amide bonds. The summed E-state index contributed by atoms with van der Waals surface area (Å²) in [7, 11) is 0. The van der Waals surface area contributed by atoms with Crippen LogP contribution in [0.2, 0.25) is 0 Å². The van der Waals surface area contributed by atoms with E-state index < -0.39 is 12.3 Å². The fourth-order valence-electron chi connectivity index (χ4n) is 1.49. The number of benzene rings is 1. The Kier molecular flexibility index (Phi) is 4.49. The van der Waals surface area contributed by atoms with Crippen molar-refractivity contribution in [2.45, 2.75) is 34.1 Å². The van der Waals surface area contributed by atoms with E-state index in [2.05, 4.69) is 4.74 Å². The van der Waals surface area contributed by atoms with Crippen LogP contribution in [-0.4, -0.2) is 18.9 Å². The number of hydrogen-bond donors (Lipinski definition) is 0. The molecule has 0 aromatic heterocycles. The van der Waals surface area contributed by atoms with E-state index in [0.29, 0.717) is 5.75 Å². The molecule has 1 rings (SSSR count). The average Bonchev–Trinajstić information content (AvgIpc) is 2.25. The first-order valence-corrected chi connectivity index (χ1v) is 5.51. The van der Waals surface area contributed by atoms with Crippen molar-refractivity contribution in [2.24, 2.45) is 0 Å². The van der Waals surface area contributed by atoms with E-state index in [4.69, 9.17) is 4.74 Å². The van der Waals surface area contributed by atoms with Gasteiger partial charge in [0.1, 0.15) is 5.75 Å². The molecule has 0 saturated carbocycles. The summed E-state index contributed by atoms with van der Waals surface area (Å²) < 4.78 is 22.9. The summed E-state index contributed by atoms with van der Waals surface area (Å²) in [6, 6.07) is 3.67. The van der Waals surface area contributed by atoms with Crippen LogP contribution in [0.4, 0.5) is 4.39 Å². The molecule has 17 heavy (non-hydrogen) atoms. The zero-order chi connectivity index (χ0) is 13.0. The minimum atomic E-state index is -2.07. The molecular formula is C13H17FO3. The Bertz CT molecular complexity index is 415. The highest BCUT2D eigenvalue weighted by atomic mass is 19.1.